The number of carboxylic acids is 1. The van der Waals surface area contributed by atoms with Crippen LogP contribution in [0.4, 0.5) is 0 Å². The molecule has 0 aromatic heterocycles. The lowest BCUT2D eigenvalue weighted by Crippen LogP contribution is -2.26. The average molecular weight is 271 g/mol. The third kappa shape index (κ3) is 3.44. The highest BCUT2D eigenvalue weighted by molar-refractivity contribution is 5.88. The summed E-state index contributed by atoms with van der Waals surface area (Å²) < 4.78 is 0. The van der Waals surface area contributed by atoms with Crippen molar-refractivity contribution in [3.8, 4) is 11.1 Å². The molecule has 104 valence electrons. The van der Waals surface area contributed by atoms with E-state index in [1.165, 1.54) is 0 Å². The first-order valence-corrected chi connectivity index (χ1v) is 6.39. The highest BCUT2D eigenvalue weighted by Crippen LogP contribution is 2.20. The molecule has 2 aromatic rings. The second-order valence-corrected chi connectivity index (χ2v) is 4.73. The van der Waals surface area contributed by atoms with Crippen LogP contribution in [0.25, 0.3) is 11.1 Å². The quantitative estimate of drug-likeness (QED) is 0.775. The fourth-order valence-electron chi connectivity index (χ4n) is 2.01. The molecule has 1 unspecified atom stereocenters. The number of benzene rings is 2. The van der Waals surface area contributed by atoms with E-state index in [-0.39, 0.29) is 18.2 Å². The van der Waals surface area contributed by atoms with E-state index < -0.39 is 5.97 Å². The van der Waals surface area contributed by atoms with Crippen molar-refractivity contribution in [2.24, 2.45) is 5.73 Å². The molecule has 0 fully saturated rings. The van der Waals surface area contributed by atoms with Gasteiger partial charge in [-0.2, -0.15) is 0 Å². The minimum atomic E-state index is -0.926. The maximum absolute atomic E-state index is 10.8. The zero-order chi connectivity index (χ0) is 14.5. The Morgan fingerprint density at radius 2 is 1.50 bits per heavy atom. The SMILES string of the molecule is NC(CO)Cc1ccc(-c2ccc(C(=O)O)cc2)cc1. The summed E-state index contributed by atoms with van der Waals surface area (Å²) >= 11 is 0. The highest BCUT2D eigenvalue weighted by atomic mass is 16.4. The molecular weight excluding hydrogens is 254 g/mol. The Bertz CT molecular complexity index is 576. The van der Waals surface area contributed by atoms with Gasteiger partial charge in [0, 0.05) is 6.04 Å². The van der Waals surface area contributed by atoms with Crippen LogP contribution in [-0.4, -0.2) is 28.8 Å². The number of carboxylic acid groups (broad SMARTS) is 1. The van der Waals surface area contributed by atoms with Crippen molar-refractivity contribution in [2.45, 2.75) is 12.5 Å². The maximum atomic E-state index is 10.8. The normalized spacial score (nSPS) is 12.1. The van der Waals surface area contributed by atoms with E-state index in [9.17, 15) is 4.79 Å². The Labute approximate surface area is 117 Å². The summed E-state index contributed by atoms with van der Waals surface area (Å²) in [5, 5.41) is 17.8. The molecule has 0 saturated carbocycles. The first-order valence-electron chi connectivity index (χ1n) is 6.39. The second kappa shape index (κ2) is 6.32. The molecule has 0 aliphatic carbocycles. The molecule has 0 aliphatic rings. The van der Waals surface area contributed by atoms with Crippen molar-refractivity contribution in [2.75, 3.05) is 6.61 Å². The summed E-state index contributed by atoms with van der Waals surface area (Å²) in [5.74, 6) is -0.926. The van der Waals surface area contributed by atoms with Gasteiger partial charge in [-0.25, -0.2) is 4.79 Å². The first-order chi connectivity index (χ1) is 9.60. The van der Waals surface area contributed by atoms with Crippen LogP contribution >= 0.6 is 0 Å². The lowest BCUT2D eigenvalue weighted by atomic mass is 10.0. The summed E-state index contributed by atoms with van der Waals surface area (Å²) in [6, 6.07) is 14.4. The van der Waals surface area contributed by atoms with Crippen LogP contribution in [0, 0.1) is 0 Å². The predicted octanol–water partition coefficient (Wildman–Crippen LogP) is 1.91. The van der Waals surface area contributed by atoms with E-state index in [1.54, 1.807) is 24.3 Å². The van der Waals surface area contributed by atoms with Gasteiger partial charge < -0.3 is 15.9 Å². The summed E-state index contributed by atoms with van der Waals surface area (Å²) in [4.78, 5) is 10.8. The Hall–Kier alpha value is -2.17. The van der Waals surface area contributed by atoms with Gasteiger partial charge in [-0.05, 0) is 35.2 Å². The molecule has 0 spiro atoms. The van der Waals surface area contributed by atoms with Gasteiger partial charge in [-0.1, -0.05) is 36.4 Å². The minimum absolute atomic E-state index is 0.0294. The summed E-state index contributed by atoms with van der Waals surface area (Å²) in [7, 11) is 0. The molecular formula is C16H17NO3. The fraction of sp³-hybridized carbons (Fsp3) is 0.188. The third-order valence-electron chi connectivity index (χ3n) is 3.15. The predicted molar refractivity (Wildman–Crippen MR) is 77.6 cm³/mol. The monoisotopic (exact) mass is 271 g/mol. The number of hydrogen-bond acceptors (Lipinski definition) is 3. The van der Waals surface area contributed by atoms with Crippen molar-refractivity contribution >= 4 is 5.97 Å². The van der Waals surface area contributed by atoms with Crippen molar-refractivity contribution < 1.29 is 15.0 Å². The summed E-state index contributed by atoms with van der Waals surface area (Å²) in [6.45, 7) is -0.0294. The lowest BCUT2D eigenvalue weighted by molar-refractivity contribution is 0.0697. The largest absolute Gasteiger partial charge is 0.478 e. The summed E-state index contributed by atoms with van der Waals surface area (Å²) in [5.41, 5.74) is 9.02. The molecule has 0 amide bonds. The van der Waals surface area contributed by atoms with Gasteiger partial charge in [-0.15, -0.1) is 0 Å². The first kappa shape index (κ1) is 14.2. The van der Waals surface area contributed by atoms with Crippen LogP contribution < -0.4 is 5.73 Å². The second-order valence-electron chi connectivity index (χ2n) is 4.73. The number of rotatable bonds is 5. The Balaban J connectivity index is 2.15. The van der Waals surface area contributed by atoms with Gasteiger partial charge >= 0.3 is 5.97 Å². The molecule has 4 N–H and O–H groups in total. The lowest BCUT2D eigenvalue weighted by Gasteiger charge is -2.09. The standard InChI is InChI=1S/C16H17NO3/c17-15(10-18)9-11-1-3-12(4-2-11)13-5-7-14(8-6-13)16(19)20/h1-8,15,18H,9-10,17H2,(H,19,20). The molecule has 20 heavy (non-hydrogen) atoms. The van der Waals surface area contributed by atoms with Gasteiger partial charge in [0.1, 0.15) is 0 Å². The molecule has 4 heteroatoms. The van der Waals surface area contributed by atoms with Crippen molar-refractivity contribution in [1.82, 2.24) is 0 Å². The zero-order valence-electron chi connectivity index (χ0n) is 11.0. The highest BCUT2D eigenvalue weighted by Gasteiger charge is 2.05. The number of hydrogen-bond donors (Lipinski definition) is 3. The zero-order valence-corrected chi connectivity index (χ0v) is 11.0. The van der Waals surface area contributed by atoms with Gasteiger partial charge in [-0.3, -0.25) is 0 Å². The molecule has 0 radical (unpaired) electrons. The fourth-order valence-corrected chi connectivity index (χ4v) is 2.01. The van der Waals surface area contributed by atoms with E-state index in [1.807, 2.05) is 24.3 Å². The van der Waals surface area contributed by atoms with Crippen LogP contribution in [0.1, 0.15) is 15.9 Å². The number of aliphatic hydroxyl groups is 1. The molecule has 0 heterocycles. The van der Waals surface area contributed by atoms with Crippen molar-refractivity contribution in [3.63, 3.8) is 0 Å². The Morgan fingerprint density at radius 3 is 1.95 bits per heavy atom. The van der Waals surface area contributed by atoms with Crippen LogP contribution in [0.15, 0.2) is 48.5 Å². The smallest absolute Gasteiger partial charge is 0.335 e. The van der Waals surface area contributed by atoms with E-state index >= 15 is 0 Å². The van der Waals surface area contributed by atoms with E-state index in [4.69, 9.17) is 15.9 Å². The number of aliphatic hydroxyl groups excluding tert-OH is 1. The molecule has 2 rings (SSSR count). The van der Waals surface area contributed by atoms with E-state index in [2.05, 4.69) is 0 Å². The van der Waals surface area contributed by atoms with E-state index in [0.29, 0.717) is 6.42 Å². The van der Waals surface area contributed by atoms with Gasteiger partial charge in [0.15, 0.2) is 0 Å². The molecule has 2 aromatic carbocycles. The molecule has 0 aliphatic heterocycles. The third-order valence-corrected chi connectivity index (χ3v) is 3.15. The van der Waals surface area contributed by atoms with E-state index in [0.717, 1.165) is 16.7 Å². The van der Waals surface area contributed by atoms with Crippen molar-refractivity contribution in [3.05, 3.63) is 59.7 Å². The molecule has 1 atom stereocenters. The number of aromatic carboxylic acids is 1. The topological polar surface area (TPSA) is 83.5 Å². The molecule has 0 bridgehead atoms. The number of carbonyl (C=O) groups is 1. The van der Waals surface area contributed by atoms with Crippen LogP contribution in [0.5, 0.6) is 0 Å². The average Bonchev–Trinajstić information content (AvgIpc) is 2.48. The van der Waals surface area contributed by atoms with Crippen LogP contribution in [-0.2, 0) is 6.42 Å². The van der Waals surface area contributed by atoms with Gasteiger partial charge in [0.2, 0.25) is 0 Å². The molecule has 0 saturated heterocycles. The molecule has 4 nitrogen and oxygen atoms in total. The van der Waals surface area contributed by atoms with Gasteiger partial charge in [0.05, 0.1) is 12.2 Å². The van der Waals surface area contributed by atoms with Crippen LogP contribution in [0.3, 0.4) is 0 Å². The van der Waals surface area contributed by atoms with Crippen LogP contribution in [0.2, 0.25) is 0 Å². The number of nitrogens with two attached hydrogens (primary N) is 1. The van der Waals surface area contributed by atoms with Crippen molar-refractivity contribution in [1.29, 1.82) is 0 Å². The Morgan fingerprint density at radius 1 is 1.00 bits per heavy atom. The van der Waals surface area contributed by atoms with Gasteiger partial charge in [0.25, 0.3) is 0 Å². The maximum Gasteiger partial charge on any atom is 0.335 e. The summed E-state index contributed by atoms with van der Waals surface area (Å²) in [6.07, 6.45) is 0.634. The minimum Gasteiger partial charge on any atom is -0.478 e. The Kier molecular flexibility index (Phi) is 4.50.